The molecule has 3 heteroatoms. The second kappa shape index (κ2) is 4.86. The van der Waals surface area contributed by atoms with Crippen molar-refractivity contribution in [2.45, 2.75) is 32.6 Å². The Balaban J connectivity index is 2.19. The molecule has 0 bridgehead atoms. The Morgan fingerprint density at radius 2 is 2.38 bits per heavy atom. The molecule has 1 aliphatic carbocycles. The molecule has 1 fully saturated rings. The molecule has 1 rings (SSSR count). The molecule has 0 heterocycles. The Hall–Kier alpha value is -1.04. The number of rotatable bonds is 4. The highest BCUT2D eigenvalue weighted by molar-refractivity contribution is 5.80. The van der Waals surface area contributed by atoms with Gasteiger partial charge in [0.2, 0.25) is 5.91 Å². The third kappa shape index (κ3) is 2.73. The number of nitriles is 1. The van der Waals surface area contributed by atoms with Gasteiger partial charge in [0.25, 0.3) is 0 Å². The van der Waals surface area contributed by atoms with Crippen molar-refractivity contribution in [3.8, 4) is 6.07 Å². The number of nitrogens with one attached hydrogen (secondary N) is 1. The van der Waals surface area contributed by atoms with Crippen LogP contribution >= 0.6 is 0 Å². The molecule has 0 aromatic heterocycles. The second-order valence-corrected chi connectivity index (χ2v) is 3.63. The number of nitrogens with zero attached hydrogens (tertiary/aromatic N) is 1. The van der Waals surface area contributed by atoms with E-state index >= 15 is 0 Å². The van der Waals surface area contributed by atoms with Crippen LogP contribution in [-0.4, -0.2) is 12.5 Å². The highest BCUT2D eigenvalue weighted by atomic mass is 16.1. The van der Waals surface area contributed by atoms with Gasteiger partial charge in [0.1, 0.15) is 5.92 Å². The zero-order chi connectivity index (χ0) is 9.68. The summed E-state index contributed by atoms with van der Waals surface area (Å²) in [6.45, 7) is 2.62. The van der Waals surface area contributed by atoms with E-state index in [0.717, 1.165) is 6.54 Å². The van der Waals surface area contributed by atoms with E-state index in [0.29, 0.717) is 12.3 Å². The van der Waals surface area contributed by atoms with Crippen LogP contribution in [0.25, 0.3) is 0 Å². The van der Waals surface area contributed by atoms with Crippen LogP contribution in [0, 0.1) is 23.2 Å². The molecule has 0 aromatic carbocycles. The van der Waals surface area contributed by atoms with Crippen LogP contribution in [0.4, 0.5) is 0 Å². The van der Waals surface area contributed by atoms with E-state index in [2.05, 4.69) is 5.32 Å². The van der Waals surface area contributed by atoms with Gasteiger partial charge < -0.3 is 5.32 Å². The van der Waals surface area contributed by atoms with Crippen molar-refractivity contribution in [1.82, 2.24) is 5.32 Å². The highest BCUT2D eigenvalue weighted by Gasteiger charge is 2.20. The van der Waals surface area contributed by atoms with Crippen LogP contribution in [0.5, 0.6) is 0 Å². The number of hydrogen-bond donors (Lipinski definition) is 1. The van der Waals surface area contributed by atoms with Crippen molar-refractivity contribution in [2.75, 3.05) is 6.54 Å². The molecule has 1 atom stereocenters. The Labute approximate surface area is 79.1 Å². The van der Waals surface area contributed by atoms with Crippen LogP contribution in [0.3, 0.4) is 0 Å². The lowest BCUT2D eigenvalue weighted by atomic mass is 9.85. The number of carbonyl (C=O) groups excluding carboxylic acids is 1. The van der Waals surface area contributed by atoms with Crippen molar-refractivity contribution in [3.05, 3.63) is 0 Å². The quantitative estimate of drug-likeness (QED) is 0.712. The van der Waals surface area contributed by atoms with Gasteiger partial charge in [-0.15, -0.1) is 0 Å². The monoisotopic (exact) mass is 180 g/mol. The third-order valence-electron chi connectivity index (χ3n) is 2.67. The summed E-state index contributed by atoms with van der Waals surface area (Å²) in [7, 11) is 0. The minimum absolute atomic E-state index is 0.100. The highest BCUT2D eigenvalue weighted by Crippen LogP contribution is 2.25. The van der Waals surface area contributed by atoms with E-state index in [1.54, 1.807) is 0 Å². The van der Waals surface area contributed by atoms with Crippen molar-refractivity contribution in [3.63, 3.8) is 0 Å². The zero-order valence-electron chi connectivity index (χ0n) is 8.05. The summed E-state index contributed by atoms with van der Waals surface area (Å²) in [6.07, 6.45) is 4.34. The minimum atomic E-state index is -0.458. The van der Waals surface area contributed by atoms with Gasteiger partial charge in [-0.25, -0.2) is 0 Å². The largest absolute Gasteiger partial charge is 0.355 e. The average Bonchev–Trinajstić information content (AvgIpc) is 2.04. The van der Waals surface area contributed by atoms with Crippen LogP contribution in [0.2, 0.25) is 0 Å². The molecule has 72 valence electrons. The lowest BCUT2D eigenvalue weighted by Gasteiger charge is -2.25. The summed E-state index contributed by atoms with van der Waals surface area (Å²) < 4.78 is 0. The summed E-state index contributed by atoms with van der Waals surface area (Å²) in [5.41, 5.74) is 0. The minimum Gasteiger partial charge on any atom is -0.355 e. The van der Waals surface area contributed by atoms with E-state index in [9.17, 15) is 4.79 Å². The number of carbonyl (C=O) groups is 1. The maximum absolute atomic E-state index is 11.3. The Bertz CT molecular complexity index is 215. The first-order valence-corrected chi connectivity index (χ1v) is 4.95. The fourth-order valence-electron chi connectivity index (χ4n) is 1.40. The van der Waals surface area contributed by atoms with Gasteiger partial charge in [-0.05, 0) is 25.2 Å². The number of amides is 1. The topological polar surface area (TPSA) is 52.9 Å². The number of hydrogen-bond acceptors (Lipinski definition) is 2. The van der Waals surface area contributed by atoms with Gasteiger partial charge in [0.05, 0.1) is 6.07 Å². The van der Waals surface area contributed by atoms with Gasteiger partial charge in [0, 0.05) is 6.54 Å². The van der Waals surface area contributed by atoms with E-state index in [-0.39, 0.29) is 5.91 Å². The van der Waals surface area contributed by atoms with Crippen molar-refractivity contribution >= 4 is 5.91 Å². The first kappa shape index (κ1) is 10.0. The maximum atomic E-state index is 11.3. The fraction of sp³-hybridized carbons (Fsp3) is 0.800. The molecular formula is C10H16N2O. The van der Waals surface area contributed by atoms with Crippen LogP contribution in [-0.2, 0) is 4.79 Å². The van der Waals surface area contributed by atoms with Crippen molar-refractivity contribution in [2.24, 2.45) is 11.8 Å². The molecular weight excluding hydrogens is 164 g/mol. The smallest absolute Gasteiger partial charge is 0.237 e. The summed E-state index contributed by atoms with van der Waals surface area (Å²) in [6, 6.07) is 2.00. The molecule has 1 aliphatic rings. The van der Waals surface area contributed by atoms with Crippen molar-refractivity contribution in [1.29, 1.82) is 5.26 Å². The Kier molecular flexibility index (Phi) is 3.75. The Morgan fingerprint density at radius 3 is 2.77 bits per heavy atom. The molecule has 0 spiro atoms. The summed E-state index contributed by atoms with van der Waals surface area (Å²) >= 11 is 0. The first-order valence-electron chi connectivity index (χ1n) is 4.95. The lowest BCUT2D eigenvalue weighted by Crippen LogP contribution is -2.35. The van der Waals surface area contributed by atoms with Gasteiger partial charge >= 0.3 is 0 Å². The first-order chi connectivity index (χ1) is 6.27. The van der Waals surface area contributed by atoms with Gasteiger partial charge in [0.15, 0.2) is 0 Å². The standard InChI is InChI=1S/C10H16N2O/c1-2-9(6-11)10(13)12-7-8-4-3-5-8/h8-9H,2-5,7H2,1H3,(H,12,13). The predicted octanol–water partition coefficient (Wildman–Crippen LogP) is 1.45. The average molecular weight is 180 g/mol. The molecule has 1 saturated carbocycles. The second-order valence-electron chi connectivity index (χ2n) is 3.63. The van der Waals surface area contributed by atoms with Crippen LogP contribution in [0.15, 0.2) is 0 Å². The lowest BCUT2D eigenvalue weighted by molar-refractivity contribution is -0.123. The maximum Gasteiger partial charge on any atom is 0.237 e. The molecule has 0 aromatic rings. The summed E-state index contributed by atoms with van der Waals surface area (Å²) in [5, 5.41) is 11.4. The molecule has 1 amide bonds. The summed E-state index contributed by atoms with van der Waals surface area (Å²) in [4.78, 5) is 11.3. The molecule has 3 nitrogen and oxygen atoms in total. The van der Waals surface area contributed by atoms with E-state index < -0.39 is 5.92 Å². The normalized spacial score (nSPS) is 18.5. The molecule has 1 unspecified atom stereocenters. The Morgan fingerprint density at radius 1 is 1.69 bits per heavy atom. The van der Waals surface area contributed by atoms with E-state index in [1.165, 1.54) is 19.3 Å². The zero-order valence-corrected chi connectivity index (χ0v) is 8.05. The van der Waals surface area contributed by atoms with Crippen LogP contribution in [0.1, 0.15) is 32.6 Å². The van der Waals surface area contributed by atoms with Crippen molar-refractivity contribution < 1.29 is 4.79 Å². The van der Waals surface area contributed by atoms with E-state index in [4.69, 9.17) is 5.26 Å². The molecule has 0 aliphatic heterocycles. The molecule has 1 N–H and O–H groups in total. The van der Waals surface area contributed by atoms with Crippen LogP contribution < -0.4 is 5.32 Å². The SMILES string of the molecule is CCC(C#N)C(=O)NCC1CCC1. The fourth-order valence-corrected chi connectivity index (χ4v) is 1.40. The third-order valence-corrected chi connectivity index (χ3v) is 2.67. The van der Waals surface area contributed by atoms with E-state index in [1.807, 2.05) is 13.0 Å². The van der Waals surface area contributed by atoms with Gasteiger partial charge in [-0.1, -0.05) is 13.3 Å². The molecule has 0 radical (unpaired) electrons. The van der Waals surface area contributed by atoms with Gasteiger partial charge in [-0.2, -0.15) is 5.26 Å². The molecule has 0 saturated heterocycles. The molecule has 13 heavy (non-hydrogen) atoms. The van der Waals surface area contributed by atoms with Gasteiger partial charge in [-0.3, -0.25) is 4.79 Å². The predicted molar refractivity (Wildman–Crippen MR) is 49.7 cm³/mol. The summed E-state index contributed by atoms with van der Waals surface area (Å²) in [5.74, 6) is 0.108.